The fraction of sp³-hybridized carbons (Fsp3) is 0.111. The third-order valence-electron chi connectivity index (χ3n) is 3.37. The molecule has 2 aromatic carbocycles. The molecule has 1 amide bonds. The van der Waals surface area contributed by atoms with E-state index in [-0.39, 0.29) is 5.91 Å². The van der Waals surface area contributed by atoms with E-state index in [1.807, 2.05) is 48.7 Å². The molecule has 6 heteroatoms. The SMILES string of the molecule is O=C(NCCSc1ncc(-c2ccccc2)[nH]1)c1ccc(Br)cc1. The minimum absolute atomic E-state index is 0.0625. The Balaban J connectivity index is 1.46. The molecular weight excluding hydrogens is 386 g/mol. The van der Waals surface area contributed by atoms with E-state index in [0.29, 0.717) is 12.1 Å². The van der Waals surface area contributed by atoms with Gasteiger partial charge in [0.25, 0.3) is 5.91 Å². The molecule has 1 heterocycles. The fourth-order valence-corrected chi connectivity index (χ4v) is 3.13. The van der Waals surface area contributed by atoms with Crippen molar-refractivity contribution in [2.24, 2.45) is 0 Å². The molecule has 0 unspecified atom stereocenters. The number of halogens is 1. The number of thioether (sulfide) groups is 1. The number of H-pyrrole nitrogens is 1. The zero-order valence-corrected chi connectivity index (χ0v) is 15.2. The fourth-order valence-electron chi connectivity index (χ4n) is 2.16. The lowest BCUT2D eigenvalue weighted by Crippen LogP contribution is -2.25. The lowest BCUT2D eigenvalue weighted by Gasteiger charge is -2.04. The van der Waals surface area contributed by atoms with Gasteiger partial charge in [-0.15, -0.1) is 0 Å². The molecule has 0 spiro atoms. The maximum absolute atomic E-state index is 12.0. The Morgan fingerprint density at radius 1 is 1.12 bits per heavy atom. The number of aromatic amines is 1. The van der Waals surface area contributed by atoms with Gasteiger partial charge in [-0.25, -0.2) is 4.98 Å². The number of benzene rings is 2. The van der Waals surface area contributed by atoms with E-state index in [1.54, 1.807) is 23.9 Å². The second-order valence-electron chi connectivity index (χ2n) is 5.08. The van der Waals surface area contributed by atoms with Gasteiger partial charge in [-0.1, -0.05) is 58.0 Å². The highest BCUT2D eigenvalue weighted by Gasteiger charge is 2.06. The summed E-state index contributed by atoms with van der Waals surface area (Å²) in [5.41, 5.74) is 2.77. The van der Waals surface area contributed by atoms with Crippen molar-refractivity contribution in [1.82, 2.24) is 15.3 Å². The number of carbonyl (C=O) groups excluding carboxylic acids is 1. The zero-order valence-electron chi connectivity index (χ0n) is 12.8. The molecule has 0 saturated heterocycles. The molecule has 1 aromatic heterocycles. The van der Waals surface area contributed by atoms with E-state index in [9.17, 15) is 4.79 Å². The van der Waals surface area contributed by atoms with E-state index >= 15 is 0 Å². The van der Waals surface area contributed by atoms with Crippen molar-refractivity contribution in [3.05, 3.63) is 70.8 Å². The third kappa shape index (κ3) is 4.49. The van der Waals surface area contributed by atoms with E-state index in [4.69, 9.17) is 0 Å². The predicted molar refractivity (Wildman–Crippen MR) is 101 cm³/mol. The van der Waals surface area contributed by atoms with Crippen molar-refractivity contribution >= 4 is 33.6 Å². The maximum Gasteiger partial charge on any atom is 0.251 e. The van der Waals surface area contributed by atoms with E-state index < -0.39 is 0 Å². The summed E-state index contributed by atoms with van der Waals surface area (Å²) in [4.78, 5) is 19.7. The smallest absolute Gasteiger partial charge is 0.251 e. The van der Waals surface area contributed by atoms with Crippen LogP contribution in [0.2, 0.25) is 0 Å². The molecule has 2 N–H and O–H groups in total. The summed E-state index contributed by atoms with van der Waals surface area (Å²) >= 11 is 4.94. The van der Waals surface area contributed by atoms with Gasteiger partial charge >= 0.3 is 0 Å². The lowest BCUT2D eigenvalue weighted by atomic mass is 10.2. The normalized spacial score (nSPS) is 10.5. The number of carbonyl (C=O) groups is 1. The first-order valence-electron chi connectivity index (χ1n) is 7.49. The summed E-state index contributed by atoms with van der Waals surface area (Å²) < 4.78 is 0.960. The number of hydrogen-bond acceptors (Lipinski definition) is 3. The number of rotatable bonds is 6. The number of hydrogen-bond donors (Lipinski definition) is 2. The highest BCUT2D eigenvalue weighted by Crippen LogP contribution is 2.20. The Labute approximate surface area is 153 Å². The molecule has 4 nitrogen and oxygen atoms in total. The number of imidazole rings is 1. The van der Waals surface area contributed by atoms with Gasteiger partial charge in [-0.05, 0) is 29.8 Å². The van der Waals surface area contributed by atoms with Crippen LogP contribution in [0.4, 0.5) is 0 Å². The van der Waals surface area contributed by atoms with Crippen LogP contribution in [0.25, 0.3) is 11.3 Å². The van der Waals surface area contributed by atoms with Gasteiger partial charge in [-0.3, -0.25) is 4.79 Å². The minimum Gasteiger partial charge on any atom is -0.351 e. The molecule has 24 heavy (non-hydrogen) atoms. The number of aromatic nitrogens is 2. The molecule has 3 rings (SSSR count). The maximum atomic E-state index is 12.0. The molecule has 0 atom stereocenters. The quantitative estimate of drug-likeness (QED) is 0.476. The summed E-state index contributed by atoms with van der Waals surface area (Å²) in [6.07, 6.45) is 1.83. The Bertz CT molecular complexity index is 803. The van der Waals surface area contributed by atoms with Crippen LogP contribution >= 0.6 is 27.7 Å². The van der Waals surface area contributed by atoms with Crippen LogP contribution in [0.3, 0.4) is 0 Å². The van der Waals surface area contributed by atoms with Crippen molar-refractivity contribution in [2.45, 2.75) is 5.16 Å². The van der Waals surface area contributed by atoms with Crippen LogP contribution < -0.4 is 5.32 Å². The van der Waals surface area contributed by atoms with Crippen molar-refractivity contribution in [3.8, 4) is 11.3 Å². The Morgan fingerprint density at radius 2 is 1.88 bits per heavy atom. The molecule has 0 aliphatic rings. The van der Waals surface area contributed by atoms with Crippen LogP contribution in [-0.4, -0.2) is 28.2 Å². The van der Waals surface area contributed by atoms with Crippen molar-refractivity contribution in [1.29, 1.82) is 0 Å². The first-order chi connectivity index (χ1) is 11.7. The van der Waals surface area contributed by atoms with Gasteiger partial charge in [0.05, 0.1) is 11.9 Å². The molecule has 3 aromatic rings. The van der Waals surface area contributed by atoms with Gasteiger partial charge in [-0.2, -0.15) is 0 Å². The van der Waals surface area contributed by atoms with Gasteiger partial charge in [0, 0.05) is 22.3 Å². The highest BCUT2D eigenvalue weighted by atomic mass is 79.9. The Hall–Kier alpha value is -2.05. The minimum atomic E-state index is -0.0625. The Kier molecular flexibility index (Phi) is 5.72. The molecule has 0 aliphatic carbocycles. The number of amides is 1. The van der Waals surface area contributed by atoms with Gasteiger partial charge in [0.2, 0.25) is 0 Å². The Morgan fingerprint density at radius 3 is 2.62 bits per heavy atom. The number of nitrogens with one attached hydrogen (secondary N) is 2. The standard InChI is InChI=1S/C18H16BrN3OS/c19-15-8-6-14(7-9-15)17(23)20-10-11-24-18-21-12-16(22-18)13-4-2-1-3-5-13/h1-9,12H,10-11H2,(H,20,23)(H,21,22). The summed E-state index contributed by atoms with van der Waals surface area (Å²) in [7, 11) is 0. The molecule has 122 valence electrons. The monoisotopic (exact) mass is 401 g/mol. The highest BCUT2D eigenvalue weighted by molar-refractivity contribution is 9.10. The largest absolute Gasteiger partial charge is 0.351 e. The van der Waals surface area contributed by atoms with E-state index in [0.717, 1.165) is 26.6 Å². The average molecular weight is 402 g/mol. The zero-order chi connectivity index (χ0) is 16.8. The third-order valence-corrected chi connectivity index (χ3v) is 4.79. The molecule has 0 saturated carbocycles. The molecule has 0 fully saturated rings. The molecule has 0 radical (unpaired) electrons. The first kappa shape index (κ1) is 16.8. The summed E-state index contributed by atoms with van der Waals surface area (Å²) in [6, 6.07) is 17.4. The van der Waals surface area contributed by atoms with E-state index in [1.165, 1.54) is 0 Å². The molecular formula is C18H16BrN3OS. The van der Waals surface area contributed by atoms with Crippen LogP contribution in [0.1, 0.15) is 10.4 Å². The topological polar surface area (TPSA) is 57.8 Å². The van der Waals surface area contributed by atoms with Gasteiger partial charge in [0.1, 0.15) is 0 Å². The summed E-state index contributed by atoms with van der Waals surface area (Å²) in [5, 5.41) is 3.76. The first-order valence-corrected chi connectivity index (χ1v) is 9.27. The van der Waals surface area contributed by atoms with E-state index in [2.05, 4.69) is 31.2 Å². The predicted octanol–water partition coefficient (Wildman–Crippen LogP) is 4.36. The molecule has 0 bridgehead atoms. The van der Waals surface area contributed by atoms with Crippen LogP contribution in [0.15, 0.2) is 70.4 Å². The van der Waals surface area contributed by atoms with Gasteiger partial charge < -0.3 is 10.3 Å². The summed E-state index contributed by atoms with van der Waals surface area (Å²) in [5.74, 6) is 0.691. The summed E-state index contributed by atoms with van der Waals surface area (Å²) in [6.45, 7) is 0.584. The van der Waals surface area contributed by atoms with Crippen molar-refractivity contribution in [2.75, 3.05) is 12.3 Å². The average Bonchev–Trinajstić information content (AvgIpc) is 3.09. The number of nitrogens with zero attached hydrogens (tertiary/aromatic N) is 1. The molecule has 0 aliphatic heterocycles. The second kappa shape index (κ2) is 8.17. The second-order valence-corrected chi connectivity index (χ2v) is 7.08. The van der Waals surface area contributed by atoms with Crippen LogP contribution in [0, 0.1) is 0 Å². The van der Waals surface area contributed by atoms with Crippen molar-refractivity contribution < 1.29 is 4.79 Å². The van der Waals surface area contributed by atoms with Crippen LogP contribution in [-0.2, 0) is 0 Å². The van der Waals surface area contributed by atoms with Crippen molar-refractivity contribution in [3.63, 3.8) is 0 Å². The van der Waals surface area contributed by atoms with Gasteiger partial charge in [0.15, 0.2) is 5.16 Å². The van der Waals surface area contributed by atoms with Crippen LogP contribution in [0.5, 0.6) is 0 Å². The lowest BCUT2D eigenvalue weighted by molar-refractivity contribution is 0.0956.